The largest absolute Gasteiger partial charge is 0.456 e. The Morgan fingerprint density at radius 3 is 2.20 bits per heavy atom. The number of hydrogen-bond acceptors (Lipinski definition) is 2. The van der Waals surface area contributed by atoms with Gasteiger partial charge in [0.25, 0.3) is 0 Å². The van der Waals surface area contributed by atoms with Crippen LogP contribution >= 0.6 is 0 Å². The quantitative estimate of drug-likeness (QED) is 0.176. The second-order valence-corrected chi connectivity index (χ2v) is 13.7. The van der Waals surface area contributed by atoms with E-state index in [1.165, 1.54) is 54.5 Å². The van der Waals surface area contributed by atoms with Crippen LogP contribution in [-0.4, -0.2) is 10.6 Å². The number of hydrogen-bond donors (Lipinski definition) is 0. The van der Waals surface area contributed by atoms with Crippen molar-refractivity contribution in [3.05, 3.63) is 181 Å². The summed E-state index contributed by atoms with van der Waals surface area (Å²) in [6, 6.07) is 59.3. The van der Waals surface area contributed by atoms with E-state index in [4.69, 9.17) is 4.42 Å². The van der Waals surface area contributed by atoms with Crippen molar-refractivity contribution >= 4 is 82.7 Å². The Balaban J connectivity index is 1.14. The van der Waals surface area contributed by atoms with E-state index >= 15 is 0 Å². The normalized spacial score (nSPS) is 14.3. The minimum atomic E-state index is 0.0783. The van der Waals surface area contributed by atoms with E-state index in [0.29, 0.717) is 0 Å². The highest BCUT2D eigenvalue weighted by Gasteiger charge is 2.27. The van der Waals surface area contributed by atoms with Gasteiger partial charge in [0.15, 0.2) is 0 Å². The SMILES string of the molecule is C1=CC(N(c2ccc3c(c2)c2ccccc2n3-c2ccccc2)c2cccc3oc4ccccc4c23)Cc2ccc3c(ccc4ccccc43)c21. The van der Waals surface area contributed by atoms with E-state index < -0.39 is 0 Å². The van der Waals surface area contributed by atoms with Crippen molar-refractivity contribution in [1.82, 2.24) is 4.57 Å². The zero-order valence-corrected chi connectivity index (χ0v) is 27.8. The number of furan rings is 1. The minimum absolute atomic E-state index is 0.0783. The fraction of sp³-hybridized carbons (Fsp3) is 0.0417. The average Bonchev–Trinajstić information content (AvgIpc) is 3.74. The highest BCUT2D eigenvalue weighted by atomic mass is 16.3. The van der Waals surface area contributed by atoms with Gasteiger partial charge in [-0.1, -0.05) is 121 Å². The molecule has 1 atom stereocenters. The van der Waals surface area contributed by atoms with Gasteiger partial charge in [-0.3, -0.25) is 0 Å². The molecule has 2 heterocycles. The third-order valence-electron chi connectivity index (χ3n) is 10.9. The summed E-state index contributed by atoms with van der Waals surface area (Å²) in [5.41, 5.74) is 10.4. The molecular formula is C48H32N2O. The molecule has 3 heteroatoms. The lowest BCUT2D eigenvalue weighted by Crippen LogP contribution is -2.33. The molecule has 1 aliphatic carbocycles. The molecule has 240 valence electrons. The predicted octanol–water partition coefficient (Wildman–Crippen LogP) is 12.8. The zero-order valence-electron chi connectivity index (χ0n) is 27.8. The van der Waals surface area contributed by atoms with Gasteiger partial charge in [0.05, 0.1) is 28.1 Å². The van der Waals surface area contributed by atoms with Crippen molar-refractivity contribution < 1.29 is 4.42 Å². The maximum atomic E-state index is 6.44. The van der Waals surface area contributed by atoms with Gasteiger partial charge in [-0.2, -0.15) is 0 Å². The number of benzene rings is 8. The van der Waals surface area contributed by atoms with Gasteiger partial charge in [0.1, 0.15) is 11.2 Å². The van der Waals surface area contributed by atoms with Gasteiger partial charge in [-0.15, -0.1) is 0 Å². The van der Waals surface area contributed by atoms with E-state index in [-0.39, 0.29) is 6.04 Å². The summed E-state index contributed by atoms with van der Waals surface area (Å²) in [6.45, 7) is 0. The van der Waals surface area contributed by atoms with E-state index in [2.05, 4.69) is 179 Å². The van der Waals surface area contributed by atoms with Crippen LogP contribution in [0.5, 0.6) is 0 Å². The Bertz CT molecular complexity index is 3020. The highest BCUT2D eigenvalue weighted by molar-refractivity contribution is 6.14. The Kier molecular flexibility index (Phi) is 6.08. The van der Waals surface area contributed by atoms with Crippen LogP contribution in [0, 0.1) is 0 Å². The van der Waals surface area contributed by atoms with Crippen LogP contribution in [0.15, 0.2) is 174 Å². The first-order chi connectivity index (χ1) is 25.3. The van der Waals surface area contributed by atoms with Gasteiger partial charge < -0.3 is 13.9 Å². The first-order valence-corrected chi connectivity index (χ1v) is 17.7. The van der Waals surface area contributed by atoms with E-state index in [0.717, 1.165) is 45.4 Å². The highest BCUT2D eigenvalue weighted by Crippen LogP contribution is 2.44. The molecule has 0 bridgehead atoms. The first-order valence-electron chi connectivity index (χ1n) is 17.7. The van der Waals surface area contributed by atoms with Crippen LogP contribution in [-0.2, 0) is 6.42 Å². The molecule has 0 aliphatic heterocycles. The molecule has 11 rings (SSSR count). The number of aromatic nitrogens is 1. The Hall–Kier alpha value is -6.58. The molecule has 0 amide bonds. The van der Waals surface area contributed by atoms with Crippen molar-refractivity contribution in [3.63, 3.8) is 0 Å². The molecule has 1 aliphatic rings. The topological polar surface area (TPSA) is 21.3 Å². The Morgan fingerprint density at radius 2 is 1.27 bits per heavy atom. The second kappa shape index (κ2) is 11.0. The monoisotopic (exact) mass is 652 g/mol. The number of nitrogens with zero attached hydrogens (tertiary/aromatic N) is 2. The summed E-state index contributed by atoms with van der Waals surface area (Å²) >= 11 is 0. The average molecular weight is 653 g/mol. The van der Waals surface area contributed by atoms with Crippen LogP contribution in [0.2, 0.25) is 0 Å². The first kappa shape index (κ1) is 28.3. The smallest absolute Gasteiger partial charge is 0.137 e. The summed E-state index contributed by atoms with van der Waals surface area (Å²) in [4.78, 5) is 2.54. The molecule has 10 aromatic rings. The third kappa shape index (κ3) is 4.25. The fourth-order valence-electron chi connectivity index (χ4n) is 8.64. The van der Waals surface area contributed by atoms with Crippen LogP contribution in [0.4, 0.5) is 11.4 Å². The lowest BCUT2D eigenvalue weighted by atomic mass is 9.87. The van der Waals surface area contributed by atoms with Gasteiger partial charge >= 0.3 is 0 Å². The van der Waals surface area contributed by atoms with Gasteiger partial charge in [-0.05, 0) is 93.7 Å². The van der Waals surface area contributed by atoms with Crippen molar-refractivity contribution in [2.24, 2.45) is 0 Å². The van der Waals surface area contributed by atoms with Crippen molar-refractivity contribution in [2.45, 2.75) is 12.5 Å². The molecule has 0 radical (unpaired) electrons. The number of anilines is 2. The number of para-hydroxylation sites is 3. The second-order valence-electron chi connectivity index (χ2n) is 13.7. The zero-order chi connectivity index (χ0) is 33.5. The molecule has 0 saturated carbocycles. The maximum absolute atomic E-state index is 6.44. The summed E-state index contributed by atoms with van der Waals surface area (Å²) in [6.07, 6.45) is 5.65. The standard InChI is InChI=1S/C48H32N2O/c1-2-12-33(13-3-1)50-43-17-8-6-15-40(43)42-30-35(24-28-44(42)50)49(45-18-10-20-47-48(45)41-16-7-9-19-46(41)51-47)34-23-27-37-32(29-34)22-26-38-36-14-5-4-11-31(36)21-25-39(37)38/h1-28,30,34H,29H2. The Morgan fingerprint density at radius 1 is 0.529 bits per heavy atom. The maximum Gasteiger partial charge on any atom is 0.137 e. The van der Waals surface area contributed by atoms with Gasteiger partial charge in [-0.25, -0.2) is 0 Å². The molecule has 0 spiro atoms. The minimum Gasteiger partial charge on any atom is -0.456 e. The lowest BCUT2D eigenvalue weighted by molar-refractivity contribution is 0.668. The molecule has 8 aromatic carbocycles. The number of fused-ring (bicyclic) bond motifs is 11. The van der Waals surface area contributed by atoms with Crippen LogP contribution in [0.3, 0.4) is 0 Å². The predicted molar refractivity (Wildman–Crippen MR) is 215 cm³/mol. The van der Waals surface area contributed by atoms with E-state index in [1.807, 2.05) is 6.07 Å². The fourth-order valence-corrected chi connectivity index (χ4v) is 8.64. The molecule has 0 saturated heterocycles. The van der Waals surface area contributed by atoms with E-state index in [1.54, 1.807) is 0 Å². The summed E-state index contributed by atoms with van der Waals surface area (Å²) in [5.74, 6) is 0. The molecule has 1 unspecified atom stereocenters. The molecule has 2 aromatic heterocycles. The van der Waals surface area contributed by atoms with Crippen molar-refractivity contribution in [2.75, 3.05) is 4.90 Å². The van der Waals surface area contributed by atoms with Gasteiger partial charge in [0, 0.05) is 27.5 Å². The summed E-state index contributed by atoms with van der Waals surface area (Å²) < 4.78 is 8.82. The molecule has 0 fully saturated rings. The van der Waals surface area contributed by atoms with Crippen LogP contribution in [0.25, 0.3) is 77.1 Å². The van der Waals surface area contributed by atoms with Crippen molar-refractivity contribution in [1.29, 1.82) is 0 Å². The Labute approximate surface area is 294 Å². The third-order valence-corrected chi connectivity index (χ3v) is 10.9. The summed E-state index contributed by atoms with van der Waals surface area (Å²) in [7, 11) is 0. The summed E-state index contributed by atoms with van der Waals surface area (Å²) in [5, 5.41) is 9.95. The molecular weight excluding hydrogens is 621 g/mol. The van der Waals surface area contributed by atoms with Crippen LogP contribution in [0.1, 0.15) is 11.1 Å². The van der Waals surface area contributed by atoms with Crippen LogP contribution < -0.4 is 4.90 Å². The van der Waals surface area contributed by atoms with Crippen molar-refractivity contribution in [3.8, 4) is 5.69 Å². The molecule has 51 heavy (non-hydrogen) atoms. The number of rotatable bonds is 4. The molecule has 0 N–H and O–H groups in total. The molecule has 3 nitrogen and oxygen atoms in total. The lowest BCUT2D eigenvalue weighted by Gasteiger charge is -2.35. The van der Waals surface area contributed by atoms with E-state index in [9.17, 15) is 0 Å². The van der Waals surface area contributed by atoms with Gasteiger partial charge in [0.2, 0.25) is 0 Å².